The van der Waals surface area contributed by atoms with Crippen molar-refractivity contribution >= 4 is 30.1 Å². The molecule has 58 valence electrons. The van der Waals surface area contributed by atoms with E-state index in [0.717, 1.165) is 0 Å². The summed E-state index contributed by atoms with van der Waals surface area (Å²) in [4.78, 5) is 0. The molecule has 0 aliphatic rings. The van der Waals surface area contributed by atoms with Gasteiger partial charge in [0.25, 0.3) is 0 Å². The molecule has 0 aliphatic heterocycles. The summed E-state index contributed by atoms with van der Waals surface area (Å²) < 4.78 is 18.5. The Morgan fingerprint density at radius 2 is 1.00 bits per heavy atom. The molecule has 9 heteroatoms. The monoisotopic (exact) mass is 384 g/mol. The van der Waals surface area contributed by atoms with Crippen molar-refractivity contribution in [1.29, 1.82) is 0 Å². The maximum absolute atomic E-state index is 9.26. The summed E-state index contributed by atoms with van der Waals surface area (Å²) in [6.45, 7) is 0. The second-order valence-corrected chi connectivity index (χ2v) is 4.49. The molecule has 0 radical (unpaired) electrons. The molecule has 4 nitrogen and oxygen atoms in total. The normalized spacial score (nSPS) is 6.44. The second-order valence-electron chi connectivity index (χ2n) is 0.408. The van der Waals surface area contributed by atoms with E-state index >= 15 is 0 Å². The van der Waals surface area contributed by atoms with E-state index in [1.54, 1.807) is 0 Å². The minimum Gasteiger partial charge on any atom is -0.801 e. The van der Waals surface area contributed by atoms with Crippen LogP contribution in [0, 0.1) is 0 Å². The van der Waals surface area contributed by atoms with Crippen LogP contribution in [0.4, 0.5) is 0 Å². The summed E-state index contributed by atoms with van der Waals surface area (Å²) in [7, 11) is -3.50. The van der Waals surface area contributed by atoms with Gasteiger partial charge in [0, 0.05) is 0 Å². The molecule has 0 aliphatic carbocycles. The van der Waals surface area contributed by atoms with Crippen LogP contribution < -0.4 is 29.6 Å². The van der Waals surface area contributed by atoms with Gasteiger partial charge in [-0.25, -0.2) is 7.71 Å². The minimum atomic E-state index is -3.50. The van der Waals surface area contributed by atoms with Crippen LogP contribution in [0.25, 0.3) is 0 Å². The molecule has 0 saturated heterocycles. The van der Waals surface area contributed by atoms with Crippen LogP contribution in [0.3, 0.4) is 0 Å². The van der Waals surface area contributed by atoms with Crippen LogP contribution in [-0.4, -0.2) is 20.1 Å². The first-order chi connectivity index (χ1) is 2.00. The van der Waals surface area contributed by atoms with Gasteiger partial charge in [0.15, 0.2) is 0 Å². The first-order valence-corrected chi connectivity index (χ1v) is 4.00. The Kier molecular flexibility index (Phi) is 43.5. The van der Waals surface area contributed by atoms with Gasteiger partial charge < -0.3 is 20.1 Å². The zero-order chi connectivity index (χ0) is 4.50. The van der Waals surface area contributed by atoms with E-state index in [2.05, 4.69) is 22.4 Å². The minimum absolute atomic E-state index is 0. The maximum atomic E-state index is 9.26. The standard InChI is InChI=1S/Au.Na.H2O2S3.2H2O/c;;1-5(2,3)4;;/h;;(H2,1,2,3,4);2*1H2/q2*+1;;;/p-2. The van der Waals surface area contributed by atoms with E-state index in [1.165, 1.54) is 0 Å². The van der Waals surface area contributed by atoms with Crippen molar-refractivity contribution in [2.24, 2.45) is 0 Å². The number of hydrogen-bond donors (Lipinski definition) is 0. The third kappa shape index (κ3) is 129. The molecule has 0 aromatic rings. The van der Waals surface area contributed by atoms with Crippen LogP contribution in [0.1, 0.15) is 0 Å². The molecular weight excluding hydrogens is 380 g/mol. The fourth-order valence-corrected chi connectivity index (χ4v) is 0. The fraction of sp³-hybridized carbons (Fsp3) is 0. The summed E-state index contributed by atoms with van der Waals surface area (Å²) >= 11 is 7.23. The quantitative estimate of drug-likeness (QED) is 0.389. The van der Waals surface area contributed by atoms with Crippen molar-refractivity contribution in [3.05, 3.63) is 0 Å². The molecule has 0 amide bonds. The zero-order valence-corrected chi connectivity index (χ0v) is 11.0. The van der Waals surface area contributed by atoms with Gasteiger partial charge in [-0.05, 0) is 0 Å². The topological polar surface area (TPSA) is 109 Å². The van der Waals surface area contributed by atoms with Crippen LogP contribution in [0.5, 0.6) is 0 Å². The van der Waals surface area contributed by atoms with Crippen LogP contribution in [-0.2, 0) is 52.5 Å². The van der Waals surface area contributed by atoms with E-state index < -0.39 is 7.71 Å². The molecule has 0 unspecified atom stereocenters. The van der Waals surface area contributed by atoms with Crippen LogP contribution >= 0.6 is 0 Å². The van der Waals surface area contributed by atoms with Gasteiger partial charge in [0.2, 0.25) is 0 Å². The Morgan fingerprint density at radius 3 is 1.00 bits per heavy atom. The molecule has 0 rings (SSSR count). The predicted molar refractivity (Wildman–Crippen MR) is 30.9 cm³/mol. The fourth-order valence-electron chi connectivity index (χ4n) is 0. The van der Waals surface area contributed by atoms with Crippen LogP contribution in [0.2, 0.25) is 0 Å². The predicted octanol–water partition coefficient (Wildman–Crippen LogP) is -5.32. The third-order valence-electron chi connectivity index (χ3n) is 0. The molecule has 0 heterocycles. The Hall–Kier alpha value is 2.37. The third-order valence-corrected chi connectivity index (χ3v) is 0. The smallest absolute Gasteiger partial charge is 0.801 e. The Labute approximate surface area is 101 Å². The average molecular weight is 384 g/mol. The molecule has 0 aromatic heterocycles. The van der Waals surface area contributed by atoms with Crippen molar-refractivity contribution < 1.29 is 72.0 Å². The van der Waals surface area contributed by atoms with Gasteiger partial charge in [0.1, 0.15) is 0 Å². The van der Waals surface area contributed by atoms with Crippen molar-refractivity contribution in [2.75, 3.05) is 0 Å². The van der Waals surface area contributed by atoms with Gasteiger partial charge in [0.05, 0.1) is 0 Å². The number of hydrogen-bond acceptors (Lipinski definition) is 4. The van der Waals surface area contributed by atoms with Crippen molar-refractivity contribution in [3.63, 3.8) is 0 Å². The number of rotatable bonds is 0. The summed E-state index contributed by atoms with van der Waals surface area (Å²) in [6, 6.07) is 0. The molecule has 4 N–H and O–H groups in total. The van der Waals surface area contributed by atoms with Gasteiger partial charge in [-0.1, -0.05) is 22.4 Å². The average Bonchev–Trinajstić information content (AvgIpc) is 0.722. The van der Waals surface area contributed by atoms with Gasteiger partial charge in [-0.3, -0.25) is 0 Å². The Morgan fingerprint density at radius 1 is 1.00 bits per heavy atom. The Bertz CT molecular complexity index is 99.0. The molecular formula is H4AuNaO4S3. The molecule has 0 bridgehead atoms. The van der Waals surface area contributed by atoms with Gasteiger partial charge in [-0.15, -0.1) is 0 Å². The summed E-state index contributed by atoms with van der Waals surface area (Å²) in [6.07, 6.45) is 0. The van der Waals surface area contributed by atoms with E-state index in [9.17, 15) is 9.11 Å². The SMILES string of the molecule is O.O.[Au+].[Na+].[O-]S([O-])(=S)=S. The molecule has 0 aromatic carbocycles. The van der Waals surface area contributed by atoms with Crippen molar-refractivity contribution in [2.45, 2.75) is 0 Å². The summed E-state index contributed by atoms with van der Waals surface area (Å²) in [5, 5.41) is 0. The largest absolute Gasteiger partial charge is 1.00 e. The second kappa shape index (κ2) is 13.0. The van der Waals surface area contributed by atoms with Crippen LogP contribution in [0.15, 0.2) is 0 Å². The van der Waals surface area contributed by atoms with E-state index in [1.807, 2.05) is 0 Å². The van der Waals surface area contributed by atoms with E-state index in [-0.39, 0.29) is 62.9 Å². The zero-order valence-electron chi connectivity index (χ0n) is 4.34. The first kappa shape index (κ1) is 30.1. The molecule has 9 heavy (non-hydrogen) atoms. The molecule has 0 saturated carbocycles. The molecule has 0 fully saturated rings. The summed E-state index contributed by atoms with van der Waals surface area (Å²) in [5.41, 5.74) is 0. The maximum Gasteiger partial charge on any atom is 1.00 e. The first-order valence-electron chi connectivity index (χ1n) is 0.667. The van der Waals surface area contributed by atoms with Gasteiger partial charge >= 0.3 is 51.9 Å². The van der Waals surface area contributed by atoms with Crippen molar-refractivity contribution in [1.82, 2.24) is 0 Å². The van der Waals surface area contributed by atoms with E-state index in [0.29, 0.717) is 0 Å². The molecule has 0 spiro atoms. The Balaban J connectivity index is -0.0000000133. The van der Waals surface area contributed by atoms with Gasteiger partial charge in [-0.2, -0.15) is 0 Å². The summed E-state index contributed by atoms with van der Waals surface area (Å²) in [5.74, 6) is 0. The van der Waals surface area contributed by atoms with Crippen molar-refractivity contribution in [3.8, 4) is 0 Å². The van der Waals surface area contributed by atoms with E-state index in [4.69, 9.17) is 0 Å². The molecule has 0 atom stereocenters.